The molecule has 0 unspecified atom stereocenters. The van der Waals surface area contributed by atoms with Crippen LogP contribution in [0.1, 0.15) is 23.0 Å². The zero-order chi connectivity index (χ0) is 16.4. The van der Waals surface area contributed by atoms with Crippen LogP contribution < -0.4 is 10.9 Å². The minimum Gasteiger partial charge on any atom is -0.326 e. The molecule has 0 atom stereocenters. The number of hydrogen-bond acceptors (Lipinski definition) is 4. The summed E-state index contributed by atoms with van der Waals surface area (Å²) in [7, 11) is 0. The highest BCUT2D eigenvalue weighted by Gasteiger charge is 2.12. The standard InChI is InChI=1S/C15H13ClN4O2S/c1-2-9-5-8(6-14(21)17-9)15(22)18-13-7-10(19-20-13)11-3-4-12(16)23-11/h3-7H,2H2,1H3,(H,17,21)(H2,18,19,20,22). The second-order valence-corrected chi connectivity index (χ2v) is 6.55. The van der Waals surface area contributed by atoms with Gasteiger partial charge in [-0.1, -0.05) is 18.5 Å². The number of aryl methyl sites for hydroxylation is 1. The van der Waals surface area contributed by atoms with Gasteiger partial charge < -0.3 is 10.3 Å². The number of nitrogens with zero attached hydrogens (tertiary/aromatic N) is 1. The summed E-state index contributed by atoms with van der Waals surface area (Å²) in [5, 5.41) is 9.57. The topological polar surface area (TPSA) is 90.6 Å². The second-order valence-electron chi connectivity index (χ2n) is 4.84. The zero-order valence-electron chi connectivity index (χ0n) is 12.1. The van der Waals surface area contributed by atoms with Crippen molar-refractivity contribution >= 4 is 34.7 Å². The summed E-state index contributed by atoms with van der Waals surface area (Å²) in [5.74, 6) is 0.000847. The van der Waals surface area contributed by atoms with Crippen LogP contribution in [-0.4, -0.2) is 21.1 Å². The minimum atomic E-state index is -0.381. The number of amides is 1. The van der Waals surface area contributed by atoms with Crippen molar-refractivity contribution in [1.29, 1.82) is 0 Å². The molecule has 0 saturated heterocycles. The molecule has 3 heterocycles. The largest absolute Gasteiger partial charge is 0.326 e. The van der Waals surface area contributed by atoms with Gasteiger partial charge in [-0.05, 0) is 24.6 Å². The lowest BCUT2D eigenvalue weighted by Crippen LogP contribution is -2.17. The Labute approximate surface area is 140 Å². The third-order valence-corrected chi connectivity index (χ3v) is 4.47. The van der Waals surface area contributed by atoms with E-state index in [2.05, 4.69) is 20.5 Å². The van der Waals surface area contributed by atoms with Gasteiger partial charge in [0.05, 0.1) is 14.9 Å². The van der Waals surface area contributed by atoms with E-state index < -0.39 is 0 Å². The van der Waals surface area contributed by atoms with Gasteiger partial charge in [-0.2, -0.15) is 5.10 Å². The van der Waals surface area contributed by atoms with E-state index >= 15 is 0 Å². The number of anilines is 1. The van der Waals surface area contributed by atoms with Gasteiger partial charge in [0.1, 0.15) is 0 Å². The molecule has 0 spiro atoms. The molecule has 0 aromatic carbocycles. The van der Waals surface area contributed by atoms with Crippen molar-refractivity contribution in [3.05, 3.63) is 56.3 Å². The molecule has 6 nitrogen and oxygen atoms in total. The lowest BCUT2D eigenvalue weighted by atomic mass is 10.2. The Morgan fingerprint density at radius 3 is 2.87 bits per heavy atom. The van der Waals surface area contributed by atoms with Gasteiger partial charge in [-0.3, -0.25) is 14.7 Å². The fraction of sp³-hybridized carbons (Fsp3) is 0.133. The van der Waals surface area contributed by atoms with E-state index in [1.54, 1.807) is 18.2 Å². The van der Waals surface area contributed by atoms with Gasteiger partial charge in [0.15, 0.2) is 5.82 Å². The molecular weight excluding hydrogens is 336 g/mol. The van der Waals surface area contributed by atoms with Gasteiger partial charge in [-0.15, -0.1) is 11.3 Å². The first kappa shape index (κ1) is 15.5. The highest BCUT2D eigenvalue weighted by molar-refractivity contribution is 7.19. The van der Waals surface area contributed by atoms with Crippen LogP contribution in [-0.2, 0) is 6.42 Å². The minimum absolute atomic E-state index is 0.300. The predicted octanol–water partition coefficient (Wildman–Crippen LogP) is 3.29. The van der Waals surface area contributed by atoms with Crippen LogP contribution in [0.5, 0.6) is 0 Å². The fourth-order valence-electron chi connectivity index (χ4n) is 2.08. The van der Waals surface area contributed by atoms with Gasteiger partial charge in [0, 0.05) is 23.4 Å². The van der Waals surface area contributed by atoms with Gasteiger partial charge >= 0.3 is 0 Å². The number of thiophene rings is 1. The molecule has 118 valence electrons. The summed E-state index contributed by atoms with van der Waals surface area (Å²) in [5.41, 5.74) is 1.47. The van der Waals surface area contributed by atoms with E-state index in [4.69, 9.17) is 11.6 Å². The Bertz CT molecular complexity index is 912. The summed E-state index contributed by atoms with van der Waals surface area (Å²) in [4.78, 5) is 27.4. The van der Waals surface area contributed by atoms with Crippen LogP contribution in [0.3, 0.4) is 0 Å². The lowest BCUT2D eigenvalue weighted by Gasteiger charge is -2.03. The molecule has 8 heteroatoms. The van der Waals surface area contributed by atoms with Gasteiger partial charge in [-0.25, -0.2) is 0 Å². The summed E-state index contributed by atoms with van der Waals surface area (Å²) in [6.07, 6.45) is 0.641. The maximum Gasteiger partial charge on any atom is 0.257 e. The van der Waals surface area contributed by atoms with Crippen LogP contribution in [0.15, 0.2) is 35.1 Å². The normalized spacial score (nSPS) is 10.7. The van der Waals surface area contributed by atoms with Crippen LogP contribution in [0.4, 0.5) is 5.82 Å². The van der Waals surface area contributed by atoms with E-state index in [0.29, 0.717) is 27.8 Å². The smallest absolute Gasteiger partial charge is 0.257 e. The molecule has 0 bridgehead atoms. The second kappa shape index (κ2) is 6.39. The maximum atomic E-state index is 12.2. The monoisotopic (exact) mass is 348 g/mol. The van der Waals surface area contributed by atoms with Crippen molar-refractivity contribution in [3.63, 3.8) is 0 Å². The summed E-state index contributed by atoms with van der Waals surface area (Å²) < 4.78 is 0.677. The van der Waals surface area contributed by atoms with Gasteiger partial charge in [0.2, 0.25) is 5.56 Å². The summed E-state index contributed by atoms with van der Waals surface area (Å²) in [6.45, 7) is 1.90. The number of nitrogens with one attached hydrogen (secondary N) is 3. The van der Waals surface area contributed by atoms with Crippen LogP contribution in [0.25, 0.3) is 10.6 Å². The maximum absolute atomic E-state index is 12.2. The van der Waals surface area contributed by atoms with Crippen molar-refractivity contribution in [2.24, 2.45) is 0 Å². The van der Waals surface area contributed by atoms with E-state index in [0.717, 1.165) is 10.6 Å². The predicted molar refractivity (Wildman–Crippen MR) is 91.3 cm³/mol. The summed E-state index contributed by atoms with van der Waals surface area (Å²) in [6, 6.07) is 8.30. The molecule has 0 aliphatic rings. The fourth-order valence-corrected chi connectivity index (χ4v) is 3.09. The van der Waals surface area contributed by atoms with Crippen LogP contribution in [0, 0.1) is 0 Å². The van der Waals surface area contributed by atoms with Crippen molar-refractivity contribution < 1.29 is 4.79 Å². The third-order valence-electron chi connectivity index (χ3n) is 3.20. The Morgan fingerprint density at radius 2 is 2.17 bits per heavy atom. The van der Waals surface area contributed by atoms with Gasteiger partial charge in [0.25, 0.3) is 5.91 Å². The van der Waals surface area contributed by atoms with Crippen molar-refractivity contribution in [2.45, 2.75) is 13.3 Å². The highest BCUT2D eigenvalue weighted by Crippen LogP contribution is 2.30. The molecule has 1 amide bonds. The number of halogens is 1. The number of carbonyl (C=O) groups is 1. The number of H-pyrrole nitrogens is 2. The summed E-state index contributed by atoms with van der Waals surface area (Å²) >= 11 is 7.32. The molecule has 0 fully saturated rings. The van der Waals surface area contributed by atoms with Crippen LogP contribution >= 0.6 is 22.9 Å². The van der Waals surface area contributed by atoms with Crippen LogP contribution in [0.2, 0.25) is 4.34 Å². The SMILES string of the molecule is CCc1cc(C(=O)Nc2cc(-c3ccc(Cl)s3)[nH]n2)cc(=O)[nH]1. The average Bonchev–Trinajstić information content (AvgIpc) is 3.15. The number of rotatable bonds is 4. The van der Waals surface area contributed by atoms with Crippen molar-refractivity contribution in [1.82, 2.24) is 15.2 Å². The molecule has 0 aliphatic heterocycles. The Balaban J connectivity index is 1.79. The highest BCUT2D eigenvalue weighted by atomic mass is 35.5. The zero-order valence-corrected chi connectivity index (χ0v) is 13.7. The van der Waals surface area contributed by atoms with E-state index in [1.807, 2.05) is 13.0 Å². The quantitative estimate of drug-likeness (QED) is 0.675. The lowest BCUT2D eigenvalue weighted by molar-refractivity contribution is 0.102. The van der Waals surface area contributed by atoms with Crippen molar-refractivity contribution in [2.75, 3.05) is 5.32 Å². The average molecular weight is 349 g/mol. The van der Waals surface area contributed by atoms with E-state index in [-0.39, 0.29) is 11.5 Å². The molecule has 0 aliphatic carbocycles. The first-order valence-electron chi connectivity index (χ1n) is 6.91. The van der Waals surface area contributed by atoms with Crippen molar-refractivity contribution in [3.8, 4) is 10.6 Å². The number of pyridine rings is 1. The molecule has 3 N–H and O–H groups in total. The third kappa shape index (κ3) is 3.52. The Kier molecular flexibility index (Phi) is 4.31. The first-order chi connectivity index (χ1) is 11.0. The molecule has 3 aromatic heterocycles. The van der Waals surface area contributed by atoms with E-state index in [1.165, 1.54) is 17.4 Å². The molecule has 3 aromatic rings. The molecule has 3 rings (SSSR count). The number of hydrogen-bond donors (Lipinski definition) is 3. The molecule has 0 saturated carbocycles. The first-order valence-corrected chi connectivity index (χ1v) is 8.10. The molecular formula is C15H13ClN4O2S. The molecule has 23 heavy (non-hydrogen) atoms. The number of aromatic nitrogens is 3. The molecule has 0 radical (unpaired) electrons. The Morgan fingerprint density at radius 1 is 1.35 bits per heavy atom. The Hall–Kier alpha value is -2.38. The number of carbonyl (C=O) groups excluding carboxylic acids is 1. The number of aromatic amines is 2. The van der Waals surface area contributed by atoms with E-state index in [9.17, 15) is 9.59 Å².